The fourth-order valence-corrected chi connectivity index (χ4v) is 1.86. The fraction of sp³-hybridized carbons (Fsp3) is 0.455. The monoisotopic (exact) mass is 241 g/mol. The van der Waals surface area contributed by atoms with Crippen LogP contribution in [0.5, 0.6) is 0 Å². The minimum absolute atomic E-state index is 0.105. The van der Waals surface area contributed by atoms with Crippen molar-refractivity contribution >= 4 is 23.5 Å². The number of hydrogen-bond acceptors (Lipinski definition) is 3. The molecule has 0 saturated heterocycles. The molecule has 0 saturated carbocycles. The maximum Gasteiger partial charge on any atom is 0.352 e. The highest BCUT2D eigenvalue weighted by molar-refractivity contribution is 7.98. The summed E-state index contributed by atoms with van der Waals surface area (Å²) in [7, 11) is 0. The molecular formula is C11H15NO3S. The lowest BCUT2D eigenvalue weighted by Crippen LogP contribution is -2.08. The number of carboxylic acid groups (broad SMARTS) is 1. The zero-order valence-electron chi connectivity index (χ0n) is 9.40. The zero-order valence-corrected chi connectivity index (χ0v) is 10.2. The second-order valence-electron chi connectivity index (χ2n) is 3.52. The number of aromatic nitrogens is 1. The van der Waals surface area contributed by atoms with Gasteiger partial charge >= 0.3 is 5.97 Å². The van der Waals surface area contributed by atoms with Gasteiger partial charge in [-0.3, -0.25) is 4.79 Å². The fourth-order valence-electron chi connectivity index (χ4n) is 1.45. The first-order valence-electron chi connectivity index (χ1n) is 4.99. The molecule has 0 atom stereocenters. The van der Waals surface area contributed by atoms with Gasteiger partial charge in [0, 0.05) is 18.3 Å². The van der Waals surface area contributed by atoms with E-state index in [9.17, 15) is 9.59 Å². The quantitative estimate of drug-likeness (QED) is 0.612. The Morgan fingerprint density at radius 3 is 2.69 bits per heavy atom. The molecule has 88 valence electrons. The number of hydrogen-bond donors (Lipinski definition) is 1. The molecule has 0 aromatic carbocycles. The van der Waals surface area contributed by atoms with Crippen molar-refractivity contribution in [1.82, 2.24) is 4.57 Å². The Morgan fingerprint density at radius 2 is 2.19 bits per heavy atom. The third-order valence-corrected chi connectivity index (χ3v) is 2.97. The van der Waals surface area contributed by atoms with Gasteiger partial charge in [0.25, 0.3) is 0 Å². The molecule has 4 nitrogen and oxygen atoms in total. The average molecular weight is 241 g/mol. The average Bonchev–Trinajstić information content (AvgIpc) is 2.62. The topological polar surface area (TPSA) is 59.3 Å². The number of nitrogens with zero attached hydrogens (tertiary/aromatic N) is 1. The molecule has 16 heavy (non-hydrogen) atoms. The minimum atomic E-state index is -0.989. The van der Waals surface area contributed by atoms with Crippen LogP contribution in [0, 0.1) is 0 Å². The first-order valence-corrected chi connectivity index (χ1v) is 6.39. The van der Waals surface area contributed by atoms with Gasteiger partial charge in [-0.2, -0.15) is 11.8 Å². The van der Waals surface area contributed by atoms with Crippen LogP contribution >= 0.6 is 11.8 Å². The number of carbonyl (C=O) groups excluding carboxylic acids is 1. The van der Waals surface area contributed by atoms with Crippen molar-refractivity contribution in [2.24, 2.45) is 0 Å². The number of aryl methyl sites for hydroxylation is 1. The predicted octanol–water partition coefficient (Wildman–Crippen LogP) is 2.14. The van der Waals surface area contributed by atoms with E-state index in [0.717, 1.165) is 12.2 Å². The standard InChI is InChI=1S/C11H15NO3S/c1-8(13)9-6-10(11(14)15)12(7-9)4-3-5-16-2/h6-7H,3-5H2,1-2H3,(H,14,15). The number of carboxylic acids is 1. The lowest BCUT2D eigenvalue weighted by atomic mass is 10.2. The summed E-state index contributed by atoms with van der Waals surface area (Å²) in [6, 6.07) is 1.43. The maximum atomic E-state index is 11.2. The Morgan fingerprint density at radius 1 is 1.50 bits per heavy atom. The number of carbonyl (C=O) groups is 2. The van der Waals surface area contributed by atoms with Crippen LogP contribution in [-0.4, -0.2) is 33.4 Å². The van der Waals surface area contributed by atoms with Crippen LogP contribution in [0.2, 0.25) is 0 Å². The first-order chi connectivity index (χ1) is 7.56. The van der Waals surface area contributed by atoms with Crippen LogP contribution in [0.25, 0.3) is 0 Å². The van der Waals surface area contributed by atoms with Crippen LogP contribution in [0.1, 0.15) is 34.2 Å². The van der Waals surface area contributed by atoms with E-state index in [-0.39, 0.29) is 11.5 Å². The van der Waals surface area contributed by atoms with Gasteiger partial charge in [-0.05, 0) is 31.4 Å². The highest BCUT2D eigenvalue weighted by Crippen LogP contribution is 2.11. The number of Topliss-reactive ketones (excluding diaryl/α,β-unsaturated/α-hetero) is 1. The number of aromatic carboxylic acids is 1. The molecule has 0 fully saturated rings. The molecule has 1 aromatic heterocycles. The highest BCUT2D eigenvalue weighted by Gasteiger charge is 2.13. The lowest BCUT2D eigenvalue weighted by Gasteiger charge is -2.04. The van der Waals surface area contributed by atoms with Crippen molar-refractivity contribution in [2.45, 2.75) is 19.9 Å². The second kappa shape index (κ2) is 5.75. The summed E-state index contributed by atoms with van der Waals surface area (Å²) in [5.74, 6) is -0.116. The Balaban J connectivity index is 2.87. The summed E-state index contributed by atoms with van der Waals surface area (Å²) in [5.41, 5.74) is 0.646. The van der Waals surface area contributed by atoms with Crippen molar-refractivity contribution in [1.29, 1.82) is 0 Å². The van der Waals surface area contributed by atoms with E-state index in [4.69, 9.17) is 5.11 Å². The Labute approximate surface area is 98.6 Å². The summed E-state index contributed by atoms with van der Waals surface area (Å²) in [6.07, 6.45) is 4.52. The van der Waals surface area contributed by atoms with Gasteiger partial charge in [0.15, 0.2) is 5.78 Å². The molecule has 0 aliphatic heterocycles. The third-order valence-electron chi connectivity index (χ3n) is 2.27. The molecule has 1 N–H and O–H groups in total. The van der Waals surface area contributed by atoms with Crippen LogP contribution in [-0.2, 0) is 6.54 Å². The van der Waals surface area contributed by atoms with Gasteiger partial charge in [0.2, 0.25) is 0 Å². The summed E-state index contributed by atoms with van der Waals surface area (Å²) >= 11 is 1.72. The molecule has 0 aliphatic carbocycles. The molecule has 5 heteroatoms. The smallest absolute Gasteiger partial charge is 0.352 e. The number of rotatable bonds is 6. The molecule has 0 unspecified atom stereocenters. The van der Waals surface area contributed by atoms with Gasteiger partial charge in [0.05, 0.1) is 0 Å². The van der Waals surface area contributed by atoms with Crippen molar-refractivity contribution in [3.8, 4) is 0 Å². The Kier molecular flexibility index (Phi) is 4.61. The van der Waals surface area contributed by atoms with Crippen LogP contribution in [0.15, 0.2) is 12.3 Å². The summed E-state index contributed by atoms with van der Waals surface area (Å²) in [5, 5.41) is 8.98. The number of ketones is 1. The summed E-state index contributed by atoms with van der Waals surface area (Å²) in [4.78, 5) is 22.1. The molecule has 0 radical (unpaired) electrons. The van der Waals surface area contributed by atoms with Gasteiger partial charge < -0.3 is 9.67 Å². The molecule has 0 spiro atoms. The molecular weight excluding hydrogens is 226 g/mol. The van der Waals surface area contributed by atoms with E-state index in [0.29, 0.717) is 12.1 Å². The van der Waals surface area contributed by atoms with Crippen LogP contribution in [0.4, 0.5) is 0 Å². The molecule has 1 aromatic rings. The van der Waals surface area contributed by atoms with Gasteiger partial charge in [-0.15, -0.1) is 0 Å². The first kappa shape index (κ1) is 12.8. The van der Waals surface area contributed by atoms with Crippen molar-refractivity contribution in [2.75, 3.05) is 12.0 Å². The molecule has 0 amide bonds. The van der Waals surface area contributed by atoms with Crippen LogP contribution < -0.4 is 0 Å². The van der Waals surface area contributed by atoms with Gasteiger partial charge in [-0.1, -0.05) is 0 Å². The van der Waals surface area contributed by atoms with Gasteiger partial charge in [0.1, 0.15) is 5.69 Å². The van der Waals surface area contributed by atoms with E-state index in [1.54, 1.807) is 22.5 Å². The van der Waals surface area contributed by atoms with E-state index in [1.807, 2.05) is 6.26 Å². The molecule has 0 aliphatic rings. The number of thioether (sulfide) groups is 1. The Bertz CT molecular complexity index is 398. The van der Waals surface area contributed by atoms with Crippen LogP contribution in [0.3, 0.4) is 0 Å². The van der Waals surface area contributed by atoms with Crippen molar-refractivity contribution < 1.29 is 14.7 Å². The van der Waals surface area contributed by atoms with E-state index < -0.39 is 5.97 Å². The van der Waals surface area contributed by atoms with E-state index >= 15 is 0 Å². The second-order valence-corrected chi connectivity index (χ2v) is 4.50. The van der Waals surface area contributed by atoms with E-state index in [2.05, 4.69) is 0 Å². The molecule has 1 rings (SSSR count). The Hall–Kier alpha value is -1.23. The van der Waals surface area contributed by atoms with Crippen molar-refractivity contribution in [3.63, 3.8) is 0 Å². The van der Waals surface area contributed by atoms with E-state index in [1.165, 1.54) is 13.0 Å². The normalized spacial score (nSPS) is 10.4. The minimum Gasteiger partial charge on any atom is -0.477 e. The van der Waals surface area contributed by atoms with Gasteiger partial charge in [-0.25, -0.2) is 4.79 Å². The predicted molar refractivity (Wildman–Crippen MR) is 64.4 cm³/mol. The summed E-state index contributed by atoms with van der Waals surface area (Å²) in [6.45, 7) is 2.07. The lowest BCUT2D eigenvalue weighted by molar-refractivity contribution is 0.0685. The largest absolute Gasteiger partial charge is 0.477 e. The SMILES string of the molecule is CSCCCn1cc(C(C)=O)cc1C(=O)O. The third kappa shape index (κ3) is 3.13. The molecule has 1 heterocycles. The van der Waals surface area contributed by atoms with Crippen molar-refractivity contribution in [3.05, 3.63) is 23.5 Å². The highest BCUT2D eigenvalue weighted by atomic mass is 32.2. The molecule has 0 bridgehead atoms. The zero-order chi connectivity index (χ0) is 12.1. The summed E-state index contributed by atoms with van der Waals surface area (Å²) < 4.78 is 1.63. The maximum absolute atomic E-state index is 11.2.